The summed E-state index contributed by atoms with van der Waals surface area (Å²) in [4.78, 5) is 10.5. The van der Waals surface area contributed by atoms with E-state index in [1.165, 1.54) is 12.2 Å². The van der Waals surface area contributed by atoms with Gasteiger partial charge in [-0.15, -0.1) is 0 Å². The number of ketones is 1. The van der Waals surface area contributed by atoms with E-state index in [1.54, 1.807) is 0 Å². The lowest BCUT2D eigenvalue weighted by Gasteiger charge is -2.09. The summed E-state index contributed by atoms with van der Waals surface area (Å²) in [7, 11) is 0. The Morgan fingerprint density at radius 2 is 2.40 bits per heavy atom. The highest BCUT2D eigenvalue weighted by atomic mass is 19.1. The maximum atomic E-state index is 12.6. The van der Waals surface area contributed by atoms with Crippen LogP contribution in [0.1, 0.15) is 6.42 Å². The molecule has 0 radical (unpaired) electrons. The van der Waals surface area contributed by atoms with Gasteiger partial charge in [-0.1, -0.05) is 0 Å². The molecule has 54 valence electrons. The normalized spacial score (nSPS) is 29.5. The molecule has 1 rings (SSSR count). The van der Waals surface area contributed by atoms with E-state index in [-0.39, 0.29) is 17.8 Å². The first kappa shape index (κ1) is 6.99. The lowest BCUT2D eigenvalue weighted by molar-refractivity contribution is -0.115. The van der Waals surface area contributed by atoms with E-state index in [1.807, 2.05) is 0 Å². The molecule has 3 heteroatoms. The minimum Gasteiger partial charge on any atom is -0.515 e. The summed E-state index contributed by atoms with van der Waals surface area (Å²) in [5.41, 5.74) is 0.166. The van der Waals surface area contributed by atoms with Crippen molar-refractivity contribution in [2.75, 3.05) is 0 Å². The van der Waals surface area contributed by atoms with Crippen LogP contribution in [0.15, 0.2) is 24.0 Å². The molecule has 1 aliphatic rings. The summed E-state index contributed by atoms with van der Waals surface area (Å²) < 4.78 is 12.6. The predicted octanol–water partition coefficient (Wildman–Crippen LogP) is 1.30. The van der Waals surface area contributed by atoms with Crippen LogP contribution in [-0.4, -0.2) is 17.1 Å². The molecule has 1 aliphatic carbocycles. The first-order valence-corrected chi connectivity index (χ1v) is 2.93. The van der Waals surface area contributed by atoms with Crippen molar-refractivity contribution in [3.8, 4) is 0 Å². The van der Waals surface area contributed by atoms with Crippen LogP contribution in [0.4, 0.5) is 4.39 Å². The molecule has 0 aliphatic heterocycles. The van der Waals surface area contributed by atoms with Gasteiger partial charge in [0.2, 0.25) is 0 Å². The van der Waals surface area contributed by atoms with Gasteiger partial charge in [0.15, 0.2) is 5.78 Å². The maximum absolute atomic E-state index is 12.6. The number of carbonyl (C=O) groups excluding carboxylic acids is 1. The van der Waals surface area contributed by atoms with Gasteiger partial charge in [-0.3, -0.25) is 4.79 Å². The van der Waals surface area contributed by atoms with Gasteiger partial charge in [0, 0.05) is 12.0 Å². The Balaban J connectivity index is 2.82. The van der Waals surface area contributed by atoms with Gasteiger partial charge in [0.1, 0.15) is 6.17 Å². The molecule has 0 fully saturated rings. The Morgan fingerprint density at radius 1 is 1.70 bits per heavy atom. The highest BCUT2D eigenvalue weighted by Crippen LogP contribution is 2.17. The smallest absolute Gasteiger partial charge is 0.158 e. The Labute approximate surface area is 57.7 Å². The second-order valence-corrected chi connectivity index (χ2v) is 2.10. The summed E-state index contributed by atoms with van der Waals surface area (Å²) in [6, 6.07) is 0. The molecule has 0 spiro atoms. The topological polar surface area (TPSA) is 37.3 Å². The lowest BCUT2D eigenvalue weighted by Crippen LogP contribution is -2.13. The van der Waals surface area contributed by atoms with Crippen molar-refractivity contribution >= 4 is 5.78 Å². The number of hydrogen-bond acceptors (Lipinski definition) is 2. The van der Waals surface area contributed by atoms with Crippen LogP contribution >= 0.6 is 0 Å². The molecule has 0 aromatic rings. The number of hydrogen-bond donors (Lipinski definition) is 1. The number of halogens is 1. The molecule has 0 amide bonds. The second kappa shape index (κ2) is 2.64. The van der Waals surface area contributed by atoms with Crippen molar-refractivity contribution in [1.82, 2.24) is 0 Å². The molecule has 0 saturated heterocycles. The predicted molar refractivity (Wildman–Crippen MR) is 34.4 cm³/mol. The minimum atomic E-state index is -1.33. The van der Waals surface area contributed by atoms with E-state index < -0.39 is 6.17 Å². The zero-order valence-electron chi connectivity index (χ0n) is 5.25. The monoisotopic (exact) mass is 142 g/mol. The molecule has 0 heterocycles. The van der Waals surface area contributed by atoms with Crippen molar-refractivity contribution in [3.63, 3.8) is 0 Å². The average molecular weight is 142 g/mol. The highest BCUT2D eigenvalue weighted by molar-refractivity contribution is 5.92. The summed E-state index contributed by atoms with van der Waals surface area (Å²) in [5, 5.41) is 8.38. The van der Waals surface area contributed by atoms with Crippen molar-refractivity contribution in [3.05, 3.63) is 24.0 Å². The number of allylic oxidation sites excluding steroid dienone is 3. The van der Waals surface area contributed by atoms with Crippen molar-refractivity contribution < 1.29 is 14.3 Å². The molecule has 1 unspecified atom stereocenters. The number of rotatable bonds is 0. The third-order valence-corrected chi connectivity index (χ3v) is 1.35. The fourth-order valence-electron chi connectivity index (χ4n) is 0.780. The molecule has 1 N–H and O–H groups in total. The zero-order chi connectivity index (χ0) is 7.56. The van der Waals surface area contributed by atoms with Crippen LogP contribution in [0, 0.1) is 0 Å². The SMILES string of the molecule is O=C1C=C/C(=C\O)C(F)C1. The fraction of sp³-hybridized carbons (Fsp3) is 0.286. The second-order valence-electron chi connectivity index (χ2n) is 2.10. The molecule has 1 atom stereocenters. The number of aliphatic hydroxyl groups is 1. The zero-order valence-corrected chi connectivity index (χ0v) is 5.25. The van der Waals surface area contributed by atoms with Crippen molar-refractivity contribution in [2.45, 2.75) is 12.6 Å². The summed E-state index contributed by atoms with van der Waals surface area (Å²) >= 11 is 0. The summed E-state index contributed by atoms with van der Waals surface area (Å²) in [5.74, 6) is -0.238. The summed E-state index contributed by atoms with van der Waals surface area (Å²) in [6.45, 7) is 0. The van der Waals surface area contributed by atoms with E-state index in [0.29, 0.717) is 6.26 Å². The van der Waals surface area contributed by atoms with E-state index in [2.05, 4.69) is 0 Å². The molecule has 10 heavy (non-hydrogen) atoms. The maximum Gasteiger partial charge on any atom is 0.158 e. The van der Waals surface area contributed by atoms with Gasteiger partial charge in [-0.2, -0.15) is 0 Å². The molecule has 0 saturated carbocycles. The minimum absolute atomic E-state index is 0.150. The van der Waals surface area contributed by atoms with Crippen LogP contribution in [0.5, 0.6) is 0 Å². The molecule has 0 aromatic carbocycles. The number of carbonyl (C=O) groups is 1. The van der Waals surface area contributed by atoms with Crippen LogP contribution < -0.4 is 0 Å². The van der Waals surface area contributed by atoms with Gasteiger partial charge in [0.05, 0.1) is 6.26 Å². The molecule has 0 aromatic heterocycles. The Kier molecular flexibility index (Phi) is 1.85. The Morgan fingerprint density at radius 3 is 2.90 bits per heavy atom. The van der Waals surface area contributed by atoms with Gasteiger partial charge >= 0.3 is 0 Å². The van der Waals surface area contributed by atoms with E-state index in [4.69, 9.17) is 5.11 Å². The molecule has 2 nitrogen and oxygen atoms in total. The van der Waals surface area contributed by atoms with Gasteiger partial charge in [0.25, 0.3) is 0 Å². The number of alkyl halides is 1. The Hall–Kier alpha value is -1.12. The van der Waals surface area contributed by atoms with E-state index >= 15 is 0 Å². The number of aliphatic hydroxyl groups excluding tert-OH is 1. The quantitative estimate of drug-likeness (QED) is 0.517. The van der Waals surface area contributed by atoms with Gasteiger partial charge < -0.3 is 5.11 Å². The molecule has 0 bridgehead atoms. The molecular formula is C7H7FO2. The standard InChI is InChI=1S/C7H7FO2/c8-7-3-6(10)2-1-5(7)4-9/h1-2,4,7,9H,3H2/b5-4+. The van der Waals surface area contributed by atoms with Gasteiger partial charge in [-0.05, 0) is 12.2 Å². The average Bonchev–Trinajstić information content (AvgIpc) is 1.88. The Bertz CT molecular complexity index is 206. The van der Waals surface area contributed by atoms with Crippen LogP contribution in [0.2, 0.25) is 0 Å². The third-order valence-electron chi connectivity index (χ3n) is 1.35. The first-order valence-electron chi connectivity index (χ1n) is 2.93. The van der Waals surface area contributed by atoms with Crippen LogP contribution in [0.3, 0.4) is 0 Å². The van der Waals surface area contributed by atoms with E-state index in [0.717, 1.165) is 0 Å². The van der Waals surface area contributed by atoms with Crippen LogP contribution in [0.25, 0.3) is 0 Å². The highest BCUT2D eigenvalue weighted by Gasteiger charge is 2.18. The van der Waals surface area contributed by atoms with Crippen LogP contribution in [-0.2, 0) is 4.79 Å². The summed E-state index contributed by atoms with van der Waals surface area (Å²) in [6.07, 6.45) is 1.76. The largest absolute Gasteiger partial charge is 0.515 e. The van der Waals surface area contributed by atoms with E-state index in [9.17, 15) is 9.18 Å². The molecular weight excluding hydrogens is 135 g/mol. The lowest BCUT2D eigenvalue weighted by atomic mass is 10.0. The third kappa shape index (κ3) is 1.23. The van der Waals surface area contributed by atoms with Crippen molar-refractivity contribution in [2.24, 2.45) is 0 Å². The fourth-order valence-corrected chi connectivity index (χ4v) is 0.780. The van der Waals surface area contributed by atoms with Crippen molar-refractivity contribution in [1.29, 1.82) is 0 Å². The van der Waals surface area contributed by atoms with Gasteiger partial charge in [-0.25, -0.2) is 4.39 Å². The first-order chi connectivity index (χ1) is 4.74.